The fourth-order valence-electron chi connectivity index (χ4n) is 3.27. The molecule has 0 aliphatic rings. The molecule has 0 saturated heterocycles. The number of rotatable bonds is 6. The van der Waals surface area contributed by atoms with Crippen molar-refractivity contribution in [3.05, 3.63) is 94.5 Å². The van der Waals surface area contributed by atoms with Gasteiger partial charge in [-0.15, -0.1) is 11.3 Å². The standard InChI is InChI=1S/C24H17F3N4O2S/c1-14-20(12-28-31(14)19-7-3-16(25)4-8-19)23(33)10-6-18-13-34-24(29-18)30(15(2)32)22-9-5-17(26)11-21(22)27/h3-13H,1-2H3/b10-6+. The summed E-state index contributed by atoms with van der Waals surface area (Å²) in [6, 6.07) is 8.62. The minimum atomic E-state index is -0.897. The molecule has 6 nitrogen and oxygen atoms in total. The lowest BCUT2D eigenvalue weighted by Crippen LogP contribution is -2.23. The van der Waals surface area contributed by atoms with Crippen LogP contribution in [0.15, 0.2) is 60.1 Å². The smallest absolute Gasteiger partial charge is 0.230 e. The second-order valence-corrected chi connectivity index (χ2v) is 8.07. The van der Waals surface area contributed by atoms with E-state index in [1.807, 2.05) is 0 Å². The van der Waals surface area contributed by atoms with E-state index in [1.165, 1.54) is 42.1 Å². The normalized spacial score (nSPS) is 11.2. The van der Waals surface area contributed by atoms with E-state index in [4.69, 9.17) is 0 Å². The van der Waals surface area contributed by atoms with Gasteiger partial charge in [0.25, 0.3) is 0 Å². The Kier molecular flexibility index (Phi) is 6.42. The number of halogens is 3. The first-order valence-corrected chi connectivity index (χ1v) is 10.9. The van der Waals surface area contributed by atoms with Crippen LogP contribution in [0.2, 0.25) is 0 Å². The summed E-state index contributed by atoms with van der Waals surface area (Å²) in [5.41, 5.74) is 1.80. The molecule has 0 aliphatic carbocycles. The van der Waals surface area contributed by atoms with E-state index in [-0.39, 0.29) is 22.4 Å². The fourth-order valence-corrected chi connectivity index (χ4v) is 4.12. The molecule has 0 radical (unpaired) electrons. The average Bonchev–Trinajstić information content (AvgIpc) is 3.41. The molecule has 0 spiro atoms. The lowest BCUT2D eigenvalue weighted by molar-refractivity contribution is -0.115. The molecule has 0 saturated carbocycles. The number of hydrogen-bond donors (Lipinski definition) is 0. The SMILES string of the molecule is CC(=O)N(c1nc(/C=C/C(=O)c2cnn(-c3ccc(F)cc3)c2C)cs1)c1ccc(F)cc1F. The minimum absolute atomic E-state index is 0.126. The molecule has 0 atom stereocenters. The van der Waals surface area contributed by atoms with Gasteiger partial charge in [0.1, 0.15) is 17.5 Å². The van der Waals surface area contributed by atoms with E-state index in [9.17, 15) is 22.8 Å². The fraction of sp³-hybridized carbons (Fsp3) is 0.0833. The number of benzene rings is 2. The molecule has 2 aromatic heterocycles. The zero-order valence-electron chi connectivity index (χ0n) is 18.0. The Balaban J connectivity index is 1.55. The molecule has 0 bridgehead atoms. The Morgan fingerprint density at radius 3 is 2.44 bits per heavy atom. The van der Waals surface area contributed by atoms with Crippen molar-refractivity contribution in [3.8, 4) is 5.69 Å². The zero-order valence-corrected chi connectivity index (χ0v) is 18.8. The number of allylic oxidation sites excluding steroid dienone is 1. The predicted molar refractivity (Wildman–Crippen MR) is 123 cm³/mol. The van der Waals surface area contributed by atoms with Crippen molar-refractivity contribution < 1.29 is 22.8 Å². The third-order valence-corrected chi connectivity index (χ3v) is 5.76. The Morgan fingerprint density at radius 1 is 1.06 bits per heavy atom. The molecular formula is C24H17F3N4O2S. The number of carbonyl (C=O) groups is 2. The van der Waals surface area contributed by atoms with Gasteiger partial charge in [-0.05, 0) is 55.5 Å². The number of hydrogen-bond acceptors (Lipinski definition) is 5. The third kappa shape index (κ3) is 4.67. The largest absolute Gasteiger partial charge is 0.289 e. The van der Waals surface area contributed by atoms with Gasteiger partial charge in [0.15, 0.2) is 10.9 Å². The maximum atomic E-state index is 14.2. The zero-order chi connectivity index (χ0) is 24.4. The van der Waals surface area contributed by atoms with Gasteiger partial charge < -0.3 is 0 Å². The summed E-state index contributed by atoms with van der Waals surface area (Å²) in [5, 5.41) is 5.98. The third-order valence-electron chi connectivity index (χ3n) is 4.92. The predicted octanol–water partition coefficient (Wildman–Crippen LogP) is 5.64. The van der Waals surface area contributed by atoms with E-state index < -0.39 is 17.5 Å². The molecular weight excluding hydrogens is 465 g/mol. The molecule has 0 N–H and O–H groups in total. The molecule has 4 rings (SSSR count). The lowest BCUT2D eigenvalue weighted by Gasteiger charge is -2.18. The number of amides is 1. The monoisotopic (exact) mass is 482 g/mol. The van der Waals surface area contributed by atoms with Crippen LogP contribution in [-0.4, -0.2) is 26.5 Å². The van der Waals surface area contributed by atoms with Crippen LogP contribution in [-0.2, 0) is 4.79 Å². The molecule has 0 fully saturated rings. The highest BCUT2D eigenvalue weighted by Crippen LogP contribution is 2.31. The number of nitrogens with zero attached hydrogens (tertiary/aromatic N) is 4. The van der Waals surface area contributed by atoms with E-state index in [2.05, 4.69) is 10.1 Å². The Labute approximate surface area is 196 Å². The molecule has 0 aliphatic heterocycles. The summed E-state index contributed by atoms with van der Waals surface area (Å²) in [5.74, 6) is -2.86. The van der Waals surface area contributed by atoms with Crippen molar-refractivity contribution in [1.29, 1.82) is 0 Å². The maximum Gasteiger partial charge on any atom is 0.230 e. The van der Waals surface area contributed by atoms with Crippen LogP contribution in [0.4, 0.5) is 24.0 Å². The average molecular weight is 482 g/mol. The summed E-state index contributed by atoms with van der Waals surface area (Å²) in [6.07, 6.45) is 4.21. The quantitative estimate of drug-likeness (QED) is 0.264. The summed E-state index contributed by atoms with van der Waals surface area (Å²) < 4.78 is 42.2. The Bertz CT molecular complexity index is 1410. The van der Waals surface area contributed by atoms with Crippen LogP contribution < -0.4 is 4.90 Å². The summed E-state index contributed by atoms with van der Waals surface area (Å²) in [4.78, 5) is 30.2. The van der Waals surface area contributed by atoms with Gasteiger partial charge in [-0.2, -0.15) is 5.10 Å². The first kappa shape index (κ1) is 23.1. The molecule has 2 aromatic carbocycles. The maximum absolute atomic E-state index is 14.2. The number of ketones is 1. The van der Waals surface area contributed by atoms with Gasteiger partial charge in [0.05, 0.1) is 34.5 Å². The van der Waals surface area contributed by atoms with Crippen molar-refractivity contribution in [3.63, 3.8) is 0 Å². The molecule has 4 aromatic rings. The van der Waals surface area contributed by atoms with Gasteiger partial charge >= 0.3 is 0 Å². The molecule has 1 amide bonds. The molecule has 10 heteroatoms. The summed E-state index contributed by atoms with van der Waals surface area (Å²) in [6.45, 7) is 2.96. The first-order valence-electron chi connectivity index (χ1n) is 9.99. The van der Waals surface area contributed by atoms with E-state index in [0.717, 1.165) is 28.4 Å². The van der Waals surface area contributed by atoms with Crippen molar-refractivity contribution in [2.75, 3.05) is 4.90 Å². The Morgan fingerprint density at radius 2 is 1.76 bits per heavy atom. The van der Waals surface area contributed by atoms with Gasteiger partial charge in [-0.3, -0.25) is 14.5 Å². The highest BCUT2D eigenvalue weighted by atomic mass is 32.1. The molecule has 172 valence electrons. The lowest BCUT2D eigenvalue weighted by atomic mass is 10.1. The van der Waals surface area contributed by atoms with Gasteiger partial charge in [0, 0.05) is 18.4 Å². The van der Waals surface area contributed by atoms with Crippen molar-refractivity contribution in [2.45, 2.75) is 13.8 Å². The van der Waals surface area contributed by atoms with Gasteiger partial charge in [-0.1, -0.05) is 0 Å². The van der Waals surface area contributed by atoms with Crippen molar-refractivity contribution in [2.24, 2.45) is 0 Å². The first-order chi connectivity index (χ1) is 16.2. The van der Waals surface area contributed by atoms with E-state index in [1.54, 1.807) is 24.4 Å². The van der Waals surface area contributed by atoms with E-state index >= 15 is 0 Å². The van der Waals surface area contributed by atoms with Crippen LogP contribution >= 0.6 is 11.3 Å². The van der Waals surface area contributed by atoms with Crippen LogP contribution in [0.1, 0.15) is 28.7 Å². The number of thiazole rings is 1. The highest BCUT2D eigenvalue weighted by molar-refractivity contribution is 7.14. The molecule has 2 heterocycles. The Hall–Kier alpha value is -4.05. The minimum Gasteiger partial charge on any atom is -0.289 e. The van der Waals surface area contributed by atoms with Crippen molar-refractivity contribution in [1.82, 2.24) is 14.8 Å². The van der Waals surface area contributed by atoms with Crippen molar-refractivity contribution >= 4 is 39.9 Å². The number of anilines is 2. The molecule has 34 heavy (non-hydrogen) atoms. The topological polar surface area (TPSA) is 68.1 Å². The van der Waals surface area contributed by atoms with Crippen LogP contribution in [0.3, 0.4) is 0 Å². The molecule has 0 unspecified atom stereocenters. The second-order valence-electron chi connectivity index (χ2n) is 7.23. The highest BCUT2D eigenvalue weighted by Gasteiger charge is 2.21. The van der Waals surface area contributed by atoms with Gasteiger partial charge in [-0.25, -0.2) is 22.8 Å². The number of aromatic nitrogens is 3. The number of carbonyl (C=O) groups excluding carboxylic acids is 2. The van der Waals surface area contributed by atoms with Gasteiger partial charge in [0.2, 0.25) is 5.91 Å². The van der Waals surface area contributed by atoms with Crippen LogP contribution in [0.5, 0.6) is 0 Å². The van der Waals surface area contributed by atoms with E-state index in [0.29, 0.717) is 28.7 Å². The second kappa shape index (κ2) is 9.44. The summed E-state index contributed by atoms with van der Waals surface area (Å²) in [7, 11) is 0. The van der Waals surface area contributed by atoms with Crippen LogP contribution in [0.25, 0.3) is 11.8 Å². The summed E-state index contributed by atoms with van der Waals surface area (Å²) >= 11 is 1.07. The van der Waals surface area contributed by atoms with Crippen LogP contribution in [0, 0.1) is 24.4 Å².